The van der Waals surface area contributed by atoms with Gasteiger partial charge in [0, 0.05) is 26.2 Å². The van der Waals surface area contributed by atoms with E-state index in [0.29, 0.717) is 32.6 Å². The summed E-state index contributed by atoms with van der Waals surface area (Å²) < 4.78 is 26.1. The van der Waals surface area contributed by atoms with Crippen molar-refractivity contribution in [3.63, 3.8) is 0 Å². The van der Waals surface area contributed by atoms with Crippen LogP contribution in [0.15, 0.2) is 22.7 Å². The van der Waals surface area contributed by atoms with Crippen LogP contribution in [0.3, 0.4) is 0 Å². The average Bonchev–Trinajstić information content (AvgIpc) is 3.03. The van der Waals surface area contributed by atoms with E-state index in [1.165, 1.54) is 16.8 Å². The lowest BCUT2D eigenvalue weighted by Crippen LogP contribution is -2.55. The summed E-state index contributed by atoms with van der Waals surface area (Å²) in [4.78, 5) is 8.38. The van der Waals surface area contributed by atoms with Gasteiger partial charge in [0.15, 0.2) is 10.9 Å². The lowest BCUT2D eigenvalue weighted by atomic mass is 10.1. The molecular formula is C11H20N6O3S. The van der Waals surface area contributed by atoms with Crippen LogP contribution in [-0.2, 0) is 10.0 Å². The first kappa shape index (κ1) is 15.7. The van der Waals surface area contributed by atoms with E-state index in [1.807, 2.05) is 11.8 Å². The van der Waals surface area contributed by atoms with Gasteiger partial charge in [-0.1, -0.05) is 12.1 Å². The summed E-state index contributed by atoms with van der Waals surface area (Å²) in [5, 5.41) is 11.9. The molecule has 1 aliphatic heterocycles. The predicted octanol–water partition coefficient (Wildman–Crippen LogP) is -0.759. The fraction of sp³-hybridized carbons (Fsp3) is 0.636. The van der Waals surface area contributed by atoms with Crippen molar-refractivity contribution in [2.45, 2.75) is 24.4 Å². The standard InChI is InChI=1S/C11H20N6O3S/c1-2-9(11(12)15-18)16-3-5-17(6-4-16)21(19,20)10-7-13-8-14-10/h7-9,18H,2-6H2,1H3,(H2,12,15)(H,13,14). The number of hydrogen-bond donors (Lipinski definition) is 3. The quantitative estimate of drug-likeness (QED) is 0.283. The molecule has 9 nitrogen and oxygen atoms in total. The Morgan fingerprint density at radius 2 is 2.19 bits per heavy atom. The van der Waals surface area contributed by atoms with Crippen molar-refractivity contribution >= 4 is 15.9 Å². The van der Waals surface area contributed by atoms with E-state index in [0.717, 1.165) is 0 Å². The number of aromatic amines is 1. The smallest absolute Gasteiger partial charge is 0.260 e. The number of nitrogens with zero attached hydrogens (tertiary/aromatic N) is 4. The lowest BCUT2D eigenvalue weighted by Gasteiger charge is -2.37. The fourth-order valence-corrected chi connectivity index (χ4v) is 3.82. The van der Waals surface area contributed by atoms with E-state index >= 15 is 0 Å². The Morgan fingerprint density at radius 1 is 1.52 bits per heavy atom. The molecule has 118 valence electrons. The third kappa shape index (κ3) is 3.17. The van der Waals surface area contributed by atoms with Gasteiger partial charge < -0.3 is 15.9 Å². The zero-order valence-corrected chi connectivity index (χ0v) is 12.6. The third-order valence-corrected chi connectivity index (χ3v) is 5.47. The van der Waals surface area contributed by atoms with Crippen LogP contribution >= 0.6 is 0 Å². The molecule has 0 aliphatic carbocycles. The van der Waals surface area contributed by atoms with Gasteiger partial charge in [-0.15, -0.1) is 0 Å². The minimum Gasteiger partial charge on any atom is -0.409 e. The Hall–Kier alpha value is -1.65. The Bertz CT molecular complexity index is 577. The number of nitrogens with one attached hydrogen (secondary N) is 1. The number of sulfonamides is 1. The second-order valence-electron chi connectivity index (χ2n) is 4.80. The van der Waals surface area contributed by atoms with Crippen molar-refractivity contribution in [3.8, 4) is 0 Å². The van der Waals surface area contributed by atoms with Crippen molar-refractivity contribution in [2.75, 3.05) is 26.2 Å². The molecule has 0 spiro atoms. The van der Waals surface area contributed by atoms with Crippen LogP contribution in [-0.4, -0.2) is 70.9 Å². The van der Waals surface area contributed by atoms with E-state index in [2.05, 4.69) is 15.1 Å². The van der Waals surface area contributed by atoms with Gasteiger partial charge in [-0.2, -0.15) is 4.31 Å². The SMILES string of the molecule is CCC(C(N)=NO)N1CCN(S(=O)(=O)c2cnc[nH]2)CC1. The van der Waals surface area contributed by atoms with Gasteiger partial charge >= 0.3 is 0 Å². The molecule has 10 heteroatoms. The van der Waals surface area contributed by atoms with Crippen molar-refractivity contribution < 1.29 is 13.6 Å². The van der Waals surface area contributed by atoms with E-state index in [9.17, 15) is 8.42 Å². The molecule has 0 aromatic carbocycles. The first-order valence-corrected chi connectivity index (χ1v) is 8.14. The van der Waals surface area contributed by atoms with Crippen molar-refractivity contribution in [1.82, 2.24) is 19.2 Å². The van der Waals surface area contributed by atoms with Crippen molar-refractivity contribution in [1.29, 1.82) is 0 Å². The maximum absolute atomic E-state index is 12.3. The molecule has 2 heterocycles. The van der Waals surface area contributed by atoms with Gasteiger partial charge in [0.1, 0.15) is 0 Å². The molecule has 1 aromatic heterocycles. The number of imidazole rings is 1. The largest absolute Gasteiger partial charge is 0.409 e. The number of aromatic nitrogens is 2. The highest BCUT2D eigenvalue weighted by Crippen LogP contribution is 2.17. The van der Waals surface area contributed by atoms with Crippen LogP contribution in [0, 0.1) is 0 Å². The van der Waals surface area contributed by atoms with E-state index in [4.69, 9.17) is 10.9 Å². The molecule has 4 N–H and O–H groups in total. The number of nitrogens with two attached hydrogens (primary N) is 1. The Kier molecular flexibility index (Phi) is 4.80. The van der Waals surface area contributed by atoms with Crippen LogP contribution in [0.5, 0.6) is 0 Å². The van der Waals surface area contributed by atoms with Crippen LogP contribution < -0.4 is 5.73 Å². The molecule has 1 unspecified atom stereocenters. The first-order chi connectivity index (χ1) is 10.0. The molecule has 1 atom stereocenters. The Morgan fingerprint density at radius 3 is 2.67 bits per heavy atom. The number of oxime groups is 1. The zero-order chi connectivity index (χ0) is 15.5. The van der Waals surface area contributed by atoms with Gasteiger partial charge in [-0.25, -0.2) is 13.4 Å². The molecule has 1 aliphatic rings. The highest BCUT2D eigenvalue weighted by Gasteiger charge is 2.32. The molecule has 1 fully saturated rings. The zero-order valence-electron chi connectivity index (χ0n) is 11.8. The van der Waals surface area contributed by atoms with Crippen molar-refractivity contribution in [2.24, 2.45) is 10.9 Å². The minimum absolute atomic E-state index is 0.0967. The van der Waals surface area contributed by atoms with Gasteiger partial charge in [0.25, 0.3) is 10.0 Å². The molecule has 21 heavy (non-hydrogen) atoms. The highest BCUT2D eigenvalue weighted by atomic mass is 32.2. The molecular weight excluding hydrogens is 296 g/mol. The maximum atomic E-state index is 12.3. The van der Waals surface area contributed by atoms with Gasteiger partial charge in [0.05, 0.1) is 18.6 Å². The van der Waals surface area contributed by atoms with Crippen LogP contribution in [0.1, 0.15) is 13.3 Å². The molecule has 1 aromatic rings. The number of piperazine rings is 1. The topological polar surface area (TPSA) is 128 Å². The molecule has 0 saturated carbocycles. The number of amidine groups is 1. The highest BCUT2D eigenvalue weighted by molar-refractivity contribution is 7.89. The third-order valence-electron chi connectivity index (χ3n) is 3.65. The minimum atomic E-state index is -3.52. The molecule has 0 amide bonds. The Labute approximate surface area is 123 Å². The molecule has 1 saturated heterocycles. The summed E-state index contributed by atoms with van der Waals surface area (Å²) in [5.74, 6) is 0.155. The summed E-state index contributed by atoms with van der Waals surface area (Å²) >= 11 is 0. The number of hydrogen-bond acceptors (Lipinski definition) is 6. The molecule has 0 bridgehead atoms. The number of rotatable bonds is 5. The van der Waals surface area contributed by atoms with E-state index in [1.54, 1.807) is 0 Å². The Balaban J connectivity index is 2.04. The monoisotopic (exact) mass is 316 g/mol. The average molecular weight is 316 g/mol. The summed E-state index contributed by atoms with van der Waals surface area (Å²) in [6.45, 7) is 3.72. The molecule has 0 radical (unpaired) electrons. The van der Waals surface area contributed by atoms with E-state index < -0.39 is 10.0 Å². The summed E-state index contributed by atoms with van der Waals surface area (Å²) in [6, 6.07) is -0.174. The van der Waals surface area contributed by atoms with Crippen molar-refractivity contribution in [3.05, 3.63) is 12.5 Å². The second-order valence-corrected chi connectivity index (χ2v) is 6.71. The first-order valence-electron chi connectivity index (χ1n) is 6.70. The fourth-order valence-electron chi connectivity index (χ4n) is 2.50. The van der Waals surface area contributed by atoms with Gasteiger partial charge in [-0.3, -0.25) is 4.90 Å². The predicted molar refractivity (Wildman–Crippen MR) is 76.4 cm³/mol. The lowest BCUT2D eigenvalue weighted by molar-refractivity contribution is 0.161. The maximum Gasteiger partial charge on any atom is 0.260 e. The summed E-state index contributed by atoms with van der Waals surface area (Å²) in [7, 11) is -3.52. The van der Waals surface area contributed by atoms with Gasteiger partial charge in [-0.05, 0) is 6.42 Å². The van der Waals surface area contributed by atoms with E-state index in [-0.39, 0.29) is 16.9 Å². The summed E-state index contributed by atoms with van der Waals surface area (Å²) in [5.41, 5.74) is 5.67. The van der Waals surface area contributed by atoms with Crippen LogP contribution in [0.4, 0.5) is 0 Å². The van der Waals surface area contributed by atoms with Gasteiger partial charge in [0.2, 0.25) is 0 Å². The number of H-pyrrole nitrogens is 1. The van der Waals surface area contributed by atoms with Crippen LogP contribution in [0.2, 0.25) is 0 Å². The second kappa shape index (κ2) is 6.41. The molecule has 2 rings (SSSR count). The normalized spacial score (nSPS) is 20.5. The summed E-state index contributed by atoms with van der Waals surface area (Å²) in [6.07, 6.45) is 3.34. The van der Waals surface area contributed by atoms with Crippen LogP contribution in [0.25, 0.3) is 0 Å².